The van der Waals surface area contributed by atoms with Crippen LogP contribution in [0.2, 0.25) is 0 Å². The van der Waals surface area contributed by atoms with Crippen LogP contribution < -0.4 is 0 Å². The number of hydrogen-bond donors (Lipinski definition) is 1. The molecule has 0 aliphatic rings. The topological polar surface area (TPSA) is 57.6 Å². The molecule has 0 spiro atoms. The van der Waals surface area contributed by atoms with Gasteiger partial charge in [-0.05, 0) is 17.7 Å². The highest BCUT2D eigenvalue weighted by Gasteiger charge is 2.19. The largest absolute Gasteiger partial charge is 0.481 e. The molecule has 108 valence electrons. The van der Waals surface area contributed by atoms with Crippen LogP contribution in [0.1, 0.15) is 12.5 Å². The van der Waals surface area contributed by atoms with Crippen molar-refractivity contribution in [1.82, 2.24) is 4.90 Å². The van der Waals surface area contributed by atoms with Crippen molar-refractivity contribution >= 4 is 11.9 Å². The maximum absolute atomic E-state index is 12.8. The summed E-state index contributed by atoms with van der Waals surface area (Å²) in [5.74, 6) is -2.16. The summed E-state index contributed by atoms with van der Waals surface area (Å²) in [5.41, 5.74) is 0.688. The normalized spacial score (nSPS) is 11.7. The monoisotopic (exact) mass is 279 g/mol. The minimum atomic E-state index is -0.950. The molecule has 20 heavy (non-hydrogen) atoms. The smallest absolute Gasteiger partial charge is 0.308 e. The minimum Gasteiger partial charge on any atom is -0.481 e. The lowest BCUT2D eigenvalue weighted by Gasteiger charge is -2.23. The summed E-state index contributed by atoms with van der Waals surface area (Å²) >= 11 is 0. The first-order chi connectivity index (χ1) is 9.43. The van der Waals surface area contributed by atoms with E-state index in [9.17, 15) is 14.0 Å². The van der Waals surface area contributed by atoms with Crippen LogP contribution in [0.5, 0.6) is 0 Å². The van der Waals surface area contributed by atoms with Crippen LogP contribution in [0.4, 0.5) is 4.39 Å². The Labute approximate surface area is 117 Å². The van der Waals surface area contributed by atoms with Gasteiger partial charge >= 0.3 is 5.97 Å². The van der Waals surface area contributed by atoms with Crippen molar-refractivity contribution in [2.45, 2.75) is 13.3 Å². The Hall–Kier alpha value is -2.17. The van der Waals surface area contributed by atoms with Gasteiger partial charge in [0.25, 0.3) is 0 Å². The van der Waals surface area contributed by atoms with Gasteiger partial charge < -0.3 is 10.0 Å². The van der Waals surface area contributed by atoms with Crippen LogP contribution in [0, 0.1) is 11.7 Å². The summed E-state index contributed by atoms with van der Waals surface area (Å²) in [5, 5.41) is 8.90. The molecule has 0 saturated heterocycles. The first-order valence-corrected chi connectivity index (χ1v) is 6.30. The lowest BCUT2D eigenvalue weighted by Crippen LogP contribution is -2.37. The van der Waals surface area contributed by atoms with E-state index in [1.807, 2.05) is 0 Å². The number of benzene rings is 1. The quantitative estimate of drug-likeness (QED) is 0.778. The molecule has 4 nitrogen and oxygen atoms in total. The number of carboxylic acid groups (broad SMARTS) is 1. The van der Waals surface area contributed by atoms with Crippen molar-refractivity contribution in [1.29, 1.82) is 0 Å². The Morgan fingerprint density at radius 2 is 2.00 bits per heavy atom. The van der Waals surface area contributed by atoms with Gasteiger partial charge in [-0.3, -0.25) is 9.59 Å². The van der Waals surface area contributed by atoms with Crippen LogP contribution in [-0.2, 0) is 16.0 Å². The minimum absolute atomic E-state index is 0.112. The molecule has 0 bridgehead atoms. The SMILES string of the molecule is C=CCN(CC(C)C(=O)O)C(=O)Cc1ccc(F)cc1. The van der Waals surface area contributed by atoms with E-state index in [1.54, 1.807) is 25.1 Å². The average molecular weight is 279 g/mol. The van der Waals surface area contributed by atoms with Crippen molar-refractivity contribution < 1.29 is 19.1 Å². The number of aliphatic carboxylic acids is 1. The number of hydrogen-bond acceptors (Lipinski definition) is 2. The van der Waals surface area contributed by atoms with E-state index < -0.39 is 11.9 Å². The van der Waals surface area contributed by atoms with Gasteiger partial charge in [0, 0.05) is 13.1 Å². The fraction of sp³-hybridized carbons (Fsp3) is 0.333. The molecular weight excluding hydrogens is 261 g/mol. The summed E-state index contributed by atoms with van der Waals surface area (Å²) in [6.45, 7) is 5.52. The summed E-state index contributed by atoms with van der Waals surface area (Å²) in [7, 11) is 0. The molecule has 1 atom stereocenters. The Morgan fingerprint density at radius 3 is 2.50 bits per heavy atom. The highest BCUT2D eigenvalue weighted by Crippen LogP contribution is 2.08. The molecule has 0 radical (unpaired) electrons. The van der Waals surface area contributed by atoms with Crippen molar-refractivity contribution in [2.24, 2.45) is 5.92 Å². The number of carboxylic acids is 1. The third kappa shape index (κ3) is 4.84. The van der Waals surface area contributed by atoms with Gasteiger partial charge in [0.1, 0.15) is 5.82 Å². The maximum Gasteiger partial charge on any atom is 0.308 e. The molecule has 0 aliphatic carbocycles. The highest BCUT2D eigenvalue weighted by atomic mass is 19.1. The van der Waals surface area contributed by atoms with Crippen LogP contribution in [0.25, 0.3) is 0 Å². The molecule has 1 amide bonds. The van der Waals surface area contributed by atoms with Crippen LogP contribution >= 0.6 is 0 Å². The molecule has 1 rings (SSSR count). The van der Waals surface area contributed by atoms with Gasteiger partial charge in [0.15, 0.2) is 0 Å². The molecule has 5 heteroatoms. The van der Waals surface area contributed by atoms with E-state index in [2.05, 4.69) is 6.58 Å². The maximum atomic E-state index is 12.8. The van der Waals surface area contributed by atoms with E-state index >= 15 is 0 Å². The van der Waals surface area contributed by atoms with Gasteiger partial charge in [-0.2, -0.15) is 0 Å². The molecule has 1 unspecified atom stereocenters. The third-order valence-electron chi connectivity index (χ3n) is 2.89. The lowest BCUT2D eigenvalue weighted by atomic mass is 10.1. The Kier molecular flexibility index (Phi) is 5.90. The van der Waals surface area contributed by atoms with Gasteiger partial charge in [-0.1, -0.05) is 25.1 Å². The zero-order valence-electron chi connectivity index (χ0n) is 11.4. The van der Waals surface area contributed by atoms with Crippen LogP contribution in [-0.4, -0.2) is 35.0 Å². The lowest BCUT2D eigenvalue weighted by molar-refractivity contribution is -0.142. The Morgan fingerprint density at radius 1 is 1.40 bits per heavy atom. The van der Waals surface area contributed by atoms with Crippen molar-refractivity contribution in [3.05, 3.63) is 48.3 Å². The molecular formula is C15H18FNO3. The first kappa shape index (κ1) is 15.9. The molecule has 0 fully saturated rings. The third-order valence-corrected chi connectivity index (χ3v) is 2.89. The number of rotatable bonds is 7. The average Bonchev–Trinajstić information content (AvgIpc) is 2.40. The van der Waals surface area contributed by atoms with Crippen molar-refractivity contribution in [3.63, 3.8) is 0 Å². The fourth-order valence-corrected chi connectivity index (χ4v) is 1.73. The predicted octanol–water partition coefficient (Wildman–Crippen LogP) is 2.10. The molecule has 1 N–H and O–H groups in total. The number of carbonyl (C=O) groups is 2. The zero-order chi connectivity index (χ0) is 15.1. The fourth-order valence-electron chi connectivity index (χ4n) is 1.73. The number of carbonyl (C=O) groups excluding carboxylic acids is 1. The summed E-state index contributed by atoms with van der Waals surface area (Å²) in [6.07, 6.45) is 1.66. The molecule has 0 aliphatic heterocycles. The number of nitrogens with zero attached hydrogens (tertiary/aromatic N) is 1. The van der Waals surface area contributed by atoms with Gasteiger partial charge in [-0.15, -0.1) is 6.58 Å². The molecule has 1 aromatic carbocycles. The second-order valence-corrected chi connectivity index (χ2v) is 4.63. The van der Waals surface area contributed by atoms with Gasteiger partial charge in [-0.25, -0.2) is 4.39 Å². The molecule has 0 heterocycles. The first-order valence-electron chi connectivity index (χ1n) is 6.30. The molecule has 0 saturated carbocycles. The standard InChI is InChI=1S/C15H18FNO3/c1-3-8-17(10-11(2)15(19)20)14(18)9-12-4-6-13(16)7-5-12/h3-7,11H,1,8-10H2,2H3,(H,19,20). The van der Waals surface area contributed by atoms with Gasteiger partial charge in [0.2, 0.25) is 5.91 Å². The van der Waals surface area contributed by atoms with E-state index in [0.717, 1.165) is 0 Å². The van der Waals surface area contributed by atoms with Crippen molar-refractivity contribution in [3.8, 4) is 0 Å². The van der Waals surface area contributed by atoms with Crippen molar-refractivity contribution in [2.75, 3.05) is 13.1 Å². The summed E-state index contributed by atoms with van der Waals surface area (Å²) in [4.78, 5) is 24.4. The summed E-state index contributed by atoms with van der Waals surface area (Å²) in [6, 6.07) is 5.67. The zero-order valence-corrected chi connectivity index (χ0v) is 11.4. The van der Waals surface area contributed by atoms with E-state index in [4.69, 9.17) is 5.11 Å². The number of halogens is 1. The summed E-state index contributed by atoms with van der Waals surface area (Å²) < 4.78 is 12.8. The molecule has 0 aromatic heterocycles. The second-order valence-electron chi connectivity index (χ2n) is 4.63. The molecule has 1 aromatic rings. The second kappa shape index (κ2) is 7.43. The Balaban J connectivity index is 2.70. The van der Waals surface area contributed by atoms with Crippen LogP contribution in [0.3, 0.4) is 0 Å². The van der Waals surface area contributed by atoms with E-state index in [-0.39, 0.29) is 31.2 Å². The van der Waals surface area contributed by atoms with E-state index in [0.29, 0.717) is 5.56 Å². The van der Waals surface area contributed by atoms with Gasteiger partial charge in [0.05, 0.1) is 12.3 Å². The van der Waals surface area contributed by atoms with E-state index in [1.165, 1.54) is 17.0 Å². The highest BCUT2D eigenvalue weighted by molar-refractivity contribution is 5.79. The Bertz CT molecular complexity index is 484. The van der Waals surface area contributed by atoms with Crippen LogP contribution in [0.15, 0.2) is 36.9 Å². The predicted molar refractivity (Wildman–Crippen MR) is 73.7 cm³/mol. The number of amides is 1.